The van der Waals surface area contributed by atoms with Crippen LogP contribution in [0.25, 0.3) is 0 Å². The van der Waals surface area contributed by atoms with Crippen molar-refractivity contribution in [3.63, 3.8) is 0 Å². The van der Waals surface area contributed by atoms with E-state index in [0.29, 0.717) is 30.2 Å². The van der Waals surface area contributed by atoms with Crippen LogP contribution >= 0.6 is 0 Å². The van der Waals surface area contributed by atoms with Gasteiger partial charge in [0.25, 0.3) is 0 Å². The SMILES string of the molecule is CCc1ccc(C(=O)COC(=O)CC23C[C@@H]4C[C@@H](CC(O)(C4)C2)C3)cc1. The van der Waals surface area contributed by atoms with Crippen molar-refractivity contribution in [1.82, 2.24) is 0 Å². The highest BCUT2D eigenvalue weighted by Crippen LogP contribution is 2.62. The first-order chi connectivity index (χ1) is 12.4. The van der Waals surface area contributed by atoms with Crippen LogP contribution in [0.3, 0.4) is 0 Å². The Bertz CT molecular complexity index is 691. The zero-order valence-corrected chi connectivity index (χ0v) is 15.5. The summed E-state index contributed by atoms with van der Waals surface area (Å²) in [4.78, 5) is 24.7. The summed E-state index contributed by atoms with van der Waals surface area (Å²) in [5.74, 6) is 0.639. The lowest BCUT2D eigenvalue weighted by atomic mass is 9.47. The van der Waals surface area contributed by atoms with Crippen molar-refractivity contribution in [1.29, 1.82) is 0 Å². The van der Waals surface area contributed by atoms with E-state index < -0.39 is 5.60 Å². The second-order valence-electron chi connectivity index (χ2n) is 9.00. The average Bonchev–Trinajstić information content (AvgIpc) is 2.57. The first-order valence-corrected chi connectivity index (χ1v) is 9.89. The molecule has 4 fully saturated rings. The van der Waals surface area contributed by atoms with Gasteiger partial charge >= 0.3 is 5.97 Å². The molecule has 4 aliphatic carbocycles. The lowest BCUT2D eigenvalue weighted by molar-refractivity contribution is -0.176. The highest BCUT2D eigenvalue weighted by Gasteiger charge is 2.57. The molecule has 0 amide bonds. The number of ketones is 1. The summed E-state index contributed by atoms with van der Waals surface area (Å²) < 4.78 is 5.32. The molecular formula is C22H28O4. The van der Waals surface area contributed by atoms with E-state index >= 15 is 0 Å². The molecule has 140 valence electrons. The van der Waals surface area contributed by atoms with E-state index in [9.17, 15) is 14.7 Å². The van der Waals surface area contributed by atoms with Gasteiger partial charge in [0.2, 0.25) is 0 Å². The van der Waals surface area contributed by atoms with Crippen molar-refractivity contribution in [3.8, 4) is 0 Å². The molecule has 0 saturated heterocycles. The Kier molecular flexibility index (Phi) is 4.42. The zero-order chi connectivity index (χ0) is 18.4. The third-order valence-electron chi connectivity index (χ3n) is 6.72. The first-order valence-electron chi connectivity index (χ1n) is 9.89. The number of carbonyl (C=O) groups excluding carboxylic acids is 2. The standard InChI is InChI=1S/C22H28O4/c1-2-15-3-5-18(6-4-15)19(23)13-26-20(24)12-21-8-16-7-17(9-21)11-22(25,10-16)14-21/h3-6,16-17,25H,2,7-14H2,1H3/t16-,17+,21?,22?. The van der Waals surface area contributed by atoms with Gasteiger partial charge in [-0.25, -0.2) is 0 Å². The number of hydrogen-bond donors (Lipinski definition) is 1. The van der Waals surface area contributed by atoms with E-state index in [1.54, 1.807) is 12.1 Å². The largest absolute Gasteiger partial charge is 0.457 e. The number of aliphatic hydroxyl groups is 1. The number of ether oxygens (including phenoxy) is 1. The minimum absolute atomic E-state index is 0.109. The minimum atomic E-state index is -0.568. The van der Waals surface area contributed by atoms with Crippen molar-refractivity contribution >= 4 is 11.8 Å². The molecular weight excluding hydrogens is 328 g/mol. The van der Waals surface area contributed by atoms with Gasteiger partial charge in [-0.1, -0.05) is 31.2 Å². The van der Waals surface area contributed by atoms with Gasteiger partial charge in [0.05, 0.1) is 12.0 Å². The Hall–Kier alpha value is -1.68. The lowest BCUT2D eigenvalue weighted by Crippen LogP contribution is -2.56. The van der Waals surface area contributed by atoms with Crippen LogP contribution in [0.1, 0.15) is 67.8 Å². The number of aryl methyl sites for hydroxylation is 1. The summed E-state index contributed by atoms with van der Waals surface area (Å²) >= 11 is 0. The summed E-state index contributed by atoms with van der Waals surface area (Å²) in [7, 11) is 0. The predicted molar refractivity (Wildman–Crippen MR) is 97.8 cm³/mol. The van der Waals surface area contributed by atoms with Crippen LogP contribution < -0.4 is 0 Å². The van der Waals surface area contributed by atoms with Crippen molar-refractivity contribution in [2.24, 2.45) is 17.3 Å². The van der Waals surface area contributed by atoms with Crippen molar-refractivity contribution in [3.05, 3.63) is 35.4 Å². The maximum Gasteiger partial charge on any atom is 0.306 e. The molecule has 26 heavy (non-hydrogen) atoms. The quantitative estimate of drug-likeness (QED) is 0.624. The van der Waals surface area contributed by atoms with Crippen LogP contribution in [0.4, 0.5) is 0 Å². The highest BCUT2D eigenvalue weighted by atomic mass is 16.5. The van der Waals surface area contributed by atoms with Gasteiger partial charge in [-0.2, -0.15) is 0 Å². The van der Waals surface area contributed by atoms with E-state index in [2.05, 4.69) is 6.92 Å². The summed E-state index contributed by atoms with van der Waals surface area (Å²) in [5.41, 5.74) is 1.08. The Balaban J connectivity index is 1.33. The summed E-state index contributed by atoms with van der Waals surface area (Å²) in [5, 5.41) is 10.8. The topological polar surface area (TPSA) is 63.6 Å². The molecule has 1 aromatic rings. The fraction of sp³-hybridized carbons (Fsp3) is 0.636. The van der Waals surface area contributed by atoms with E-state index in [0.717, 1.165) is 32.1 Å². The molecule has 4 atom stereocenters. The number of rotatable bonds is 6. The fourth-order valence-corrected chi connectivity index (χ4v) is 6.12. The molecule has 0 radical (unpaired) electrons. The molecule has 1 N–H and O–H groups in total. The second kappa shape index (κ2) is 6.49. The predicted octanol–water partition coefficient (Wildman–Crippen LogP) is 3.70. The fourth-order valence-electron chi connectivity index (χ4n) is 6.12. The van der Waals surface area contributed by atoms with Gasteiger partial charge < -0.3 is 9.84 Å². The summed E-state index contributed by atoms with van der Waals surface area (Å²) in [6, 6.07) is 7.46. The Morgan fingerprint density at radius 1 is 1.12 bits per heavy atom. The Morgan fingerprint density at radius 2 is 1.77 bits per heavy atom. The van der Waals surface area contributed by atoms with Crippen molar-refractivity contribution in [2.75, 3.05) is 6.61 Å². The number of hydrogen-bond acceptors (Lipinski definition) is 4. The minimum Gasteiger partial charge on any atom is -0.457 e. The van der Waals surface area contributed by atoms with Crippen molar-refractivity contribution < 1.29 is 19.4 Å². The highest BCUT2D eigenvalue weighted by molar-refractivity contribution is 5.97. The third-order valence-corrected chi connectivity index (χ3v) is 6.72. The molecule has 0 spiro atoms. The molecule has 0 aromatic heterocycles. The molecule has 4 nitrogen and oxygen atoms in total. The zero-order valence-electron chi connectivity index (χ0n) is 15.5. The van der Waals surface area contributed by atoms with Gasteiger partial charge in [-0.05, 0) is 67.8 Å². The number of carbonyl (C=O) groups is 2. The molecule has 0 heterocycles. The molecule has 4 saturated carbocycles. The van der Waals surface area contributed by atoms with Crippen LogP contribution in [0.5, 0.6) is 0 Å². The monoisotopic (exact) mass is 356 g/mol. The molecule has 0 aliphatic heterocycles. The first kappa shape index (κ1) is 17.7. The van der Waals surface area contributed by atoms with E-state index in [-0.39, 0.29) is 23.8 Å². The van der Waals surface area contributed by atoms with Crippen LogP contribution in [-0.2, 0) is 16.0 Å². The van der Waals surface area contributed by atoms with Crippen LogP contribution in [-0.4, -0.2) is 29.1 Å². The maximum absolute atomic E-state index is 12.4. The molecule has 5 rings (SSSR count). The molecule has 4 bridgehead atoms. The van der Waals surface area contributed by atoms with Gasteiger partial charge in [-0.3, -0.25) is 9.59 Å². The normalized spacial score (nSPS) is 34.7. The third kappa shape index (κ3) is 3.44. The van der Waals surface area contributed by atoms with Gasteiger partial charge in [0, 0.05) is 5.56 Å². The molecule has 1 aromatic carbocycles. The van der Waals surface area contributed by atoms with E-state index in [1.165, 1.54) is 12.0 Å². The Labute approximate surface area is 154 Å². The summed E-state index contributed by atoms with van der Waals surface area (Å²) in [6.07, 6.45) is 7.02. The number of Topliss-reactive ketones (excluding diaryl/α,β-unsaturated/α-hetero) is 1. The second-order valence-corrected chi connectivity index (χ2v) is 9.00. The molecule has 4 heteroatoms. The van der Waals surface area contributed by atoms with E-state index in [4.69, 9.17) is 4.74 Å². The lowest BCUT2D eigenvalue weighted by Gasteiger charge is -2.60. The van der Waals surface area contributed by atoms with E-state index in [1.807, 2.05) is 12.1 Å². The summed E-state index contributed by atoms with van der Waals surface area (Å²) in [6.45, 7) is 1.87. The number of benzene rings is 1. The van der Waals surface area contributed by atoms with Crippen LogP contribution in [0.2, 0.25) is 0 Å². The van der Waals surface area contributed by atoms with Crippen molar-refractivity contribution in [2.45, 2.75) is 63.9 Å². The smallest absolute Gasteiger partial charge is 0.306 e. The van der Waals surface area contributed by atoms with Gasteiger partial charge in [0.1, 0.15) is 0 Å². The van der Waals surface area contributed by atoms with Gasteiger partial charge in [-0.15, -0.1) is 0 Å². The molecule has 4 aliphatic rings. The maximum atomic E-state index is 12.4. The Morgan fingerprint density at radius 3 is 2.35 bits per heavy atom. The molecule has 2 unspecified atom stereocenters. The van der Waals surface area contributed by atoms with Crippen LogP contribution in [0.15, 0.2) is 24.3 Å². The van der Waals surface area contributed by atoms with Gasteiger partial charge in [0.15, 0.2) is 12.4 Å². The number of esters is 1. The van der Waals surface area contributed by atoms with Crippen LogP contribution in [0, 0.1) is 17.3 Å². The average molecular weight is 356 g/mol.